The maximum Gasteiger partial charge on any atom is 0.287 e. The van der Waals surface area contributed by atoms with Crippen molar-refractivity contribution in [2.45, 2.75) is 39.2 Å². The molecule has 7 nitrogen and oxygen atoms in total. The first-order valence-electron chi connectivity index (χ1n) is 8.84. The highest BCUT2D eigenvalue weighted by atomic mass is 16.5. The van der Waals surface area contributed by atoms with Gasteiger partial charge in [0.05, 0.1) is 0 Å². The molecule has 0 bridgehead atoms. The number of fused-ring (bicyclic) bond motifs is 1. The number of aryl methyl sites for hydroxylation is 2. The van der Waals surface area contributed by atoms with Crippen molar-refractivity contribution < 1.29 is 18.5 Å². The number of hydrogen-bond acceptors (Lipinski definition) is 6. The molecule has 0 radical (unpaired) electrons. The lowest BCUT2D eigenvalue weighted by Crippen LogP contribution is -2.26. The van der Waals surface area contributed by atoms with E-state index in [1.807, 2.05) is 32.0 Å². The molecular formula is C19H21N3O4. The Morgan fingerprint density at radius 1 is 1.35 bits per heavy atom. The zero-order valence-electron chi connectivity index (χ0n) is 14.9. The lowest BCUT2D eigenvalue weighted by Gasteiger charge is -2.02. The van der Waals surface area contributed by atoms with Crippen molar-refractivity contribution in [1.82, 2.24) is 15.5 Å². The lowest BCUT2D eigenvalue weighted by molar-refractivity contribution is 0.0835. The topological polar surface area (TPSA) is 90.4 Å². The summed E-state index contributed by atoms with van der Waals surface area (Å²) >= 11 is 0. The highest BCUT2D eigenvalue weighted by Crippen LogP contribution is 2.27. The number of nitrogens with zero attached hydrogens (tertiary/aromatic N) is 2. The molecule has 1 aromatic carbocycles. The second-order valence-electron chi connectivity index (χ2n) is 6.61. The fraction of sp³-hybridized carbons (Fsp3) is 0.421. The molecule has 1 saturated heterocycles. The molecule has 4 rings (SSSR count). The normalized spacial score (nSPS) is 17.1. The molecule has 0 saturated carbocycles. The molecule has 3 heterocycles. The van der Waals surface area contributed by atoms with Crippen LogP contribution in [-0.4, -0.2) is 29.2 Å². The van der Waals surface area contributed by atoms with Crippen molar-refractivity contribution in [3.05, 3.63) is 46.8 Å². The van der Waals surface area contributed by atoms with Crippen LogP contribution in [0.15, 0.2) is 27.1 Å². The van der Waals surface area contributed by atoms with Crippen LogP contribution in [-0.2, 0) is 11.2 Å². The van der Waals surface area contributed by atoms with E-state index in [0.717, 1.165) is 41.5 Å². The third-order valence-electron chi connectivity index (χ3n) is 4.62. The average molecular weight is 355 g/mol. The van der Waals surface area contributed by atoms with Gasteiger partial charge in [-0.05, 0) is 38.3 Å². The van der Waals surface area contributed by atoms with Gasteiger partial charge in [-0.1, -0.05) is 17.3 Å². The van der Waals surface area contributed by atoms with E-state index in [2.05, 4.69) is 15.5 Å². The number of carbonyl (C=O) groups is 1. The van der Waals surface area contributed by atoms with Gasteiger partial charge < -0.3 is 19.0 Å². The van der Waals surface area contributed by atoms with Gasteiger partial charge in [0, 0.05) is 30.5 Å². The van der Waals surface area contributed by atoms with Gasteiger partial charge in [-0.2, -0.15) is 4.98 Å². The van der Waals surface area contributed by atoms with E-state index >= 15 is 0 Å². The van der Waals surface area contributed by atoms with Gasteiger partial charge in [0.15, 0.2) is 11.6 Å². The summed E-state index contributed by atoms with van der Waals surface area (Å²) in [5.74, 6) is 1.19. The van der Waals surface area contributed by atoms with Crippen molar-refractivity contribution in [3.8, 4) is 0 Å². The Balaban J connectivity index is 1.37. The van der Waals surface area contributed by atoms with Crippen molar-refractivity contribution >= 4 is 16.9 Å². The predicted octanol–water partition coefficient (Wildman–Crippen LogP) is 3.26. The molecule has 26 heavy (non-hydrogen) atoms. The number of aromatic nitrogens is 2. The standard InChI is InChI=1S/C19H21N3O4/c1-11-5-6-13-12(2)17(25-15(13)10-11)18(23)20-8-7-16-21-19(26-22-16)14-4-3-9-24-14/h5-6,10,14H,3-4,7-9H2,1-2H3,(H,20,23)/t14-/m0/s1. The first-order chi connectivity index (χ1) is 12.6. The number of amides is 1. The van der Waals surface area contributed by atoms with E-state index in [1.54, 1.807) is 0 Å². The fourth-order valence-electron chi connectivity index (χ4n) is 3.19. The number of ether oxygens (including phenoxy) is 1. The van der Waals surface area contributed by atoms with Crippen LogP contribution in [0.2, 0.25) is 0 Å². The summed E-state index contributed by atoms with van der Waals surface area (Å²) in [6.45, 7) is 5.02. The van der Waals surface area contributed by atoms with Crippen molar-refractivity contribution in [2.24, 2.45) is 0 Å². The Hall–Kier alpha value is -2.67. The van der Waals surface area contributed by atoms with Crippen LogP contribution in [0.25, 0.3) is 11.0 Å². The van der Waals surface area contributed by atoms with E-state index < -0.39 is 0 Å². The number of rotatable bonds is 5. The minimum atomic E-state index is -0.237. The van der Waals surface area contributed by atoms with E-state index in [-0.39, 0.29) is 12.0 Å². The SMILES string of the molecule is Cc1ccc2c(C)c(C(=O)NCCc3noc([C@@H]4CCCO4)n3)oc2c1. The Morgan fingerprint density at radius 3 is 3.04 bits per heavy atom. The smallest absolute Gasteiger partial charge is 0.287 e. The molecule has 136 valence electrons. The Labute approximate surface area is 150 Å². The summed E-state index contributed by atoms with van der Waals surface area (Å²) in [5, 5.41) is 7.77. The van der Waals surface area contributed by atoms with Gasteiger partial charge >= 0.3 is 0 Å². The van der Waals surface area contributed by atoms with Crippen molar-refractivity contribution in [3.63, 3.8) is 0 Å². The molecule has 0 spiro atoms. The average Bonchev–Trinajstić information content (AvgIpc) is 3.35. The number of benzene rings is 1. The van der Waals surface area contributed by atoms with Crippen LogP contribution in [0.5, 0.6) is 0 Å². The summed E-state index contributed by atoms with van der Waals surface area (Å²) in [7, 11) is 0. The third kappa shape index (κ3) is 3.22. The molecule has 1 amide bonds. The largest absolute Gasteiger partial charge is 0.451 e. The molecule has 7 heteroatoms. The van der Waals surface area contributed by atoms with Gasteiger partial charge in [-0.15, -0.1) is 0 Å². The first-order valence-corrected chi connectivity index (χ1v) is 8.84. The number of hydrogen-bond donors (Lipinski definition) is 1. The molecule has 1 fully saturated rings. The highest BCUT2D eigenvalue weighted by molar-refractivity contribution is 5.99. The Morgan fingerprint density at radius 2 is 2.23 bits per heavy atom. The Kier molecular flexibility index (Phi) is 4.46. The first kappa shape index (κ1) is 16.8. The number of nitrogens with one attached hydrogen (secondary N) is 1. The van der Waals surface area contributed by atoms with Crippen molar-refractivity contribution in [2.75, 3.05) is 13.2 Å². The summed E-state index contributed by atoms with van der Waals surface area (Å²) in [6.07, 6.45) is 2.31. The fourth-order valence-corrected chi connectivity index (χ4v) is 3.19. The van der Waals surface area contributed by atoms with Crippen LogP contribution in [0.1, 0.15) is 52.3 Å². The summed E-state index contributed by atoms with van der Waals surface area (Å²) in [6, 6.07) is 5.92. The molecule has 0 unspecified atom stereocenters. The predicted molar refractivity (Wildman–Crippen MR) is 94.0 cm³/mol. The second-order valence-corrected chi connectivity index (χ2v) is 6.61. The highest BCUT2D eigenvalue weighted by Gasteiger charge is 2.24. The Bertz CT molecular complexity index is 938. The number of furan rings is 1. The van der Waals surface area contributed by atoms with Gasteiger partial charge in [0.25, 0.3) is 11.8 Å². The van der Waals surface area contributed by atoms with Gasteiger partial charge in [-0.25, -0.2) is 0 Å². The molecule has 1 aliphatic rings. The summed E-state index contributed by atoms with van der Waals surface area (Å²) in [4.78, 5) is 16.8. The lowest BCUT2D eigenvalue weighted by atomic mass is 10.1. The van der Waals surface area contributed by atoms with E-state index in [9.17, 15) is 4.79 Å². The summed E-state index contributed by atoms with van der Waals surface area (Å²) in [5.41, 5.74) is 2.67. The maximum atomic E-state index is 12.4. The maximum absolute atomic E-state index is 12.4. The minimum absolute atomic E-state index is 0.0903. The second kappa shape index (κ2) is 6.92. The van der Waals surface area contributed by atoms with Crippen molar-refractivity contribution in [1.29, 1.82) is 0 Å². The quantitative estimate of drug-likeness (QED) is 0.755. The minimum Gasteiger partial charge on any atom is -0.451 e. The van der Waals surface area contributed by atoms with Crippen LogP contribution in [0.3, 0.4) is 0 Å². The van der Waals surface area contributed by atoms with E-state index in [0.29, 0.717) is 30.4 Å². The molecule has 2 aromatic heterocycles. The van der Waals surface area contributed by atoms with Crippen LogP contribution >= 0.6 is 0 Å². The zero-order valence-corrected chi connectivity index (χ0v) is 14.9. The molecule has 3 aromatic rings. The molecule has 1 N–H and O–H groups in total. The van der Waals surface area contributed by atoms with E-state index in [1.165, 1.54) is 0 Å². The molecule has 0 aliphatic carbocycles. The third-order valence-corrected chi connectivity index (χ3v) is 4.62. The molecule has 1 atom stereocenters. The number of carbonyl (C=O) groups excluding carboxylic acids is 1. The van der Waals surface area contributed by atoms with Gasteiger partial charge in [0.2, 0.25) is 0 Å². The van der Waals surface area contributed by atoms with Crippen LogP contribution < -0.4 is 5.32 Å². The summed E-state index contributed by atoms with van der Waals surface area (Å²) < 4.78 is 16.5. The zero-order chi connectivity index (χ0) is 18.1. The van der Waals surface area contributed by atoms with E-state index in [4.69, 9.17) is 13.7 Å². The molecular weight excluding hydrogens is 334 g/mol. The monoisotopic (exact) mass is 355 g/mol. The molecule has 1 aliphatic heterocycles. The van der Waals surface area contributed by atoms with Gasteiger partial charge in [0.1, 0.15) is 11.7 Å². The van der Waals surface area contributed by atoms with Crippen LogP contribution in [0, 0.1) is 13.8 Å². The van der Waals surface area contributed by atoms with Gasteiger partial charge in [-0.3, -0.25) is 4.79 Å². The van der Waals surface area contributed by atoms with Crippen LogP contribution in [0.4, 0.5) is 0 Å².